The van der Waals surface area contributed by atoms with Gasteiger partial charge in [-0.3, -0.25) is 4.79 Å². The Balaban J connectivity index is 1.50. The average molecular weight is 537 g/mol. The molecular weight excluding hydrogens is 504 g/mol. The number of nitriles is 1. The van der Waals surface area contributed by atoms with Crippen LogP contribution in [0.25, 0.3) is 0 Å². The third-order valence-corrected chi connectivity index (χ3v) is 7.14. The van der Waals surface area contributed by atoms with E-state index >= 15 is 0 Å². The Kier molecular flexibility index (Phi) is 8.13. The van der Waals surface area contributed by atoms with Gasteiger partial charge in [0.25, 0.3) is 5.56 Å². The first kappa shape index (κ1) is 27.4. The molecule has 2 atom stereocenters. The number of aromatic nitrogens is 1. The van der Waals surface area contributed by atoms with Crippen molar-refractivity contribution in [3.8, 4) is 11.8 Å². The van der Waals surface area contributed by atoms with Crippen molar-refractivity contribution in [1.82, 2.24) is 4.57 Å². The van der Waals surface area contributed by atoms with Gasteiger partial charge in [0.15, 0.2) is 0 Å². The van der Waals surface area contributed by atoms with Gasteiger partial charge in [0.2, 0.25) is 0 Å². The molecule has 0 saturated carbocycles. The van der Waals surface area contributed by atoms with Crippen LogP contribution in [-0.2, 0) is 35.9 Å². The Bertz CT molecular complexity index is 1560. The molecule has 0 bridgehead atoms. The van der Waals surface area contributed by atoms with Crippen LogP contribution in [-0.4, -0.2) is 21.4 Å². The molecule has 0 fully saturated rings. The molecule has 7 heteroatoms. The third-order valence-electron chi connectivity index (χ3n) is 7.14. The van der Waals surface area contributed by atoms with Crippen LogP contribution in [0.1, 0.15) is 53.3 Å². The molecule has 5 rings (SSSR count). The van der Waals surface area contributed by atoms with E-state index < -0.39 is 17.7 Å². The molecule has 0 unspecified atom stereocenters. The number of benzene rings is 3. The Morgan fingerprint density at radius 3 is 2.08 bits per heavy atom. The molecule has 1 aliphatic rings. The van der Waals surface area contributed by atoms with E-state index in [0.29, 0.717) is 30.1 Å². The monoisotopic (exact) mass is 536 g/mol. The van der Waals surface area contributed by atoms with Gasteiger partial charge < -0.3 is 23.9 Å². The summed E-state index contributed by atoms with van der Waals surface area (Å²) in [6.45, 7) is 4.86. The molecule has 0 saturated heterocycles. The van der Waals surface area contributed by atoms with Crippen LogP contribution < -0.4 is 10.3 Å². The van der Waals surface area contributed by atoms with Crippen LogP contribution >= 0.6 is 0 Å². The van der Waals surface area contributed by atoms with Crippen LogP contribution in [0.2, 0.25) is 0 Å². The number of ether oxygens (including phenoxy) is 3. The van der Waals surface area contributed by atoms with Gasteiger partial charge >= 0.3 is 0 Å². The lowest BCUT2D eigenvalue weighted by molar-refractivity contribution is -0.0644. The third kappa shape index (κ3) is 6.00. The number of hydrogen-bond acceptors (Lipinski definition) is 6. The van der Waals surface area contributed by atoms with Crippen molar-refractivity contribution >= 4 is 0 Å². The SMILES string of the molecule is CC1(C)Oc2ccc(C#N)cc2[C@@H](n2cc(COCc3ccccc3)c(COCc3ccccc3)cc2=O)[C@@H]1O. The number of hydrogen-bond donors (Lipinski definition) is 1. The lowest BCUT2D eigenvalue weighted by atomic mass is 9.85. The largest absolute Gasteiger partial charge is 0.485 e. The molecule has 2 heterocycles. The first-order valence-corrected chi connectivity index (χ1v) is 13.2. The minimum Gasteiger partial charge on any atom is -0.485 e. The van der Waals surface area contributed by atoms with E-state index in [-0.39, 0.29) is 18.8 Å². The van der Waals surface area contributed by atoms with Gasteiger partial charge in [0.05, 0.1) is 44.1 Å². The van der Waals surface area contributed by atoms with E-state index in [9.17, 15) is 15.2 Å². The van der Waals surface area contributed by atoms with Gasteiger partial charge in [-0.15, -0.1) is 0 Å². The fourth-order valence-corrected chi connectivity index (χ4v) is 4.96. The van der Waals surface area contributed by atoms with Gasteiger partial charge in [0.1, 0.15) is 17.5 Å². The molecule has 40 heavy (non-hydrogen) atoms. The topological polar surface area (TPSA) is 93.7 Å². The molecule has 0 radical (unpaired) electrons. The van der Waals surface area contributed by atoms with Gasteiger partial charge in [0, 0.05) is 17.8 Å². The standard InChI is InChI=1S/C33H32N2O5/c1-33(2)32(37)31(28-15-25(17-34)13-14-29(28)40-33)35-18-27(22-39-20-24-11-7-4-8-12-24)26(16-30(35)36)21-38-19-23-9-5-3-6-10-23/h3-16,18,31-32,37H,19-22H2,1-2H3/t31-,32+/m1/s1. The summed E-state index contributed by atoms with van der Waals surface area (Å²) in [7, 11) is 0. The lowest BCUT2D eigenvalue weighted by Crippen LogP contribution is -2.52. The summed E-state index contributed by atoms with van der Waals surface area (Å²) in [6, 6.07) is 27.7. The highest BCUT2D eigenvalue weighted by atomic mass is 16.5. The molecule has 0 amide bonds. The summed E-state index contributed by atoms with van der Waals surface area (Å²) in [6.07, 6.45) is 0.692. The quantitative estimate of drug-likeness (QED) is 0.313. The second kappa shape index (κ2) is 11.9. The zero-order valence-corrected chi connectivity index (χ0v) is 22.6. The maximum absolute atomic E-state index is 13.6. The normalized spacial score (nSPS) is 17.4. The smallest absolute Gasteiger partial charge is 0.251 e. The van der Waals surface area contributed by atoms with Crippen molar-refractivity contribution in [3.63, 3.8) is 0 Å². The summed E-state index contributed by atoms with van der Waals surface area (Å²) < 4.78 is 19.6. The fourth-order valence-electron chi connectivity index (χ4n) is 4.96. The zero-order valence-electron chi connectivity index (χ0n) is 22.6. The highest BCUT2D eigenvalue weighted by Gasteiger charge is 2.44. The molecule has 204 valence electrons. The average Bonchev–Trinajstić information content (AvgIpc) is 2.96. The molecular formula is C33H32N2O5. The minimum atomic E-state index is -1.05. The van der Waals surface area contributed by atoms with Gasteiger partial charge in [-0.1, -0.05) is 60.7 Å². The Morgan fingerprint density at radius 1 is 0.875 bits per heavy atom. The van der Waals surface area contributed by atoms with Crippen molar-refractivity contribution in [1.29, 1.82) is 5.26 Å². The van der Waals surface area contributed by atoms with Gasteiger partial charge in [-0.25, -0.2) is 0 Å². The first-order chi connectivity index (χ1) is 19.4. The highest BCUT2D eigenvalue weighted by molar-refractivity contribution is 5.47. The summed E-state index contributed by atoms with van der Waals surface area (Å²) in [5, 5.41) is 20.9. The number of pyridine rings is 1. The Hall–Kier alpha value is -4.22. The molecule has 0 aliphatic carbocycles. The van der Waals surface area contributed by atoms with Crippen molar-refractivity contribution < 1.29 is 19.3 Å². The van der Waals surface area contributed by atoms with Gasteiger partial charge in [-0.05, 0) is 54.3 Å². The van der Waals surface area contributed by atoms with Crippen LogP contribution in [0.4, 0.5) is 0 Å². The molecule has 1 aliphatic heterocycles. The minimum absolute atomic E-state index is 0.228. The lowest BCUT2D eigenvalue weighted by Gasteiger charge is -2.42. The van der Waals surface area contributed by atoms with Crippen LogP contribution in [0.3, 0.4) is 0 Å². The number of aliphatic hydroxyl groups excluding tert-OH is 1. The predicted molar refractivity (Wildman–Crippen MR) is 151 cm³/mol. The summed E-state index contributed by atoms with van der Waals surface area (Å²) in [5.74, 6) is 0.531. The molecule has 1 aromatic heterocycles. The highest BCUT2D eigenvalue weighted by Crippen LogP contribution is 2.42. The summed E-state index contributed by atoms with van der Waals surface area (Å²) in [4.78, 5) is 13.6. The van der Waals surface area contributed by atoms with E-state index in [2.05, 4.69) is 6.07 Å². The van der Waals surface area contributed by atoms with E-state index in [1.807, 2.05) is 60.7 Å². The molecule has 7 nitrogen and oxygen atoms in total. The van der Waals surface area contributed by atoms with Crippen LogP contribution in [0, 0.1) is 11.3 Å². The van der Waals surface area contributed by atoms with Gasteiger partial charge in [-0.2, -0.15) is 5.26 Å². The molecule has 1 N–H and O–H groups in total. The second-order valence-electron chi connectivity index (χ2n) is 10.5. The Morgan fingerprint density at radius 2 is 1.48 bits per heavy atom. The second-order valence-corrected chi connectivity index (χ2v) is 10.5. The van der Waals surface area contributed by atoms with Crippen LogP contribution in [0.5, 0.6) is 5.75 Å². The van der Waals surface area contributed by atoms with Crippen molar-refractivity contribution in [3.05, 3.63) is 135 Å². The Labute approximate surface area is 233 Å². The molecule has 3 aromatic carbocycles. The van der Waals surface area contributed by atoms with E-state index in [1.54, 1.807) is 44.3 Å². The maximum Gasteiger partial charge on any atom is 0.251 e. The first-order valence-electron chi connectivity index (χ1n) is 13.2. The summed E-state index contributed by atoms with van der Waals surface area (Å²) in [5.41, 5.74) is 3.32. The zero-order chi connectivity index (χ0) is 28.1. The number of aliphatic hydroxyl groups is 1. The fraction of sp³-hybridized carbons (Fsp3) is 0.273. The number of fused-ring (bicyclic) bond motifs is 1. The van der Waals surface area contributed by atoms with Crippen LogP contribution in [0.15, 0.2) is 95.9 Å². The van der Waals surface area contributed by atoms with Crippen molar-refractivity contribution in [2.24, 2.45) is 0 Å². The van der Waals surface area contributed by atoms with E-state index in [4.69, 9.17) is 14.2 Å². The number of nitrogens with zero attached hydrogens (tertiary/aromatic N) is 2. The molecule has 4 aromatic rings. The van der Waals surface area contributed by atoms with E-state index in [1.165, 1.54) is 4.57 Å². The van der Waals surface area contributed by atoms with Crippen molar-refractivity contribution in [2.45, 2.75) is 58.0 Å². The summed E-state index contributed by atoms with van der Waals surface area (Å²) >= 11 is 0. The van der Waals surface area contributed by atoms with Crippen molar-refractivity contribution in [2.75, 3.05) is 0 Å². The maximum atomic E-state index is 13.6. The predicted octanol–water partition coefficient (Wildman–Crippen LogP) is 5.27. The molecule has 0 spiro atoms. The number of rotatable bonds is 9. The van der Waals surface area contributed by atoms with E-state index in [0.717, 1.165) is 22.3 Å².